The highest BCUT2D eigenvalue weighted by Crippen LogP contribution is 2.31. The van der Waals surface area contributed by atoms with Crippen molar-refractivity contribution in [2.45, 2.75) is 83.5 Å². The monoisotopic (exact) mass is 525 g/mol. The van der Waals surface area contributed by atoms with Crippen molar-refractivity contribution in [3.05, 3.63) is 23.8 Å². The van der Waals surface area contributed by atoms with Gasteiger partial charge in [0, 0.05) is 12.8 Å². The van der Waals surface area contributed by atoms with Crippen LogP contribution in [0.1, 0.15) is 64.9 Å². The molecule has 1 fully saturated rings. The third-order valence-corrected chi connectivity index (χ3v) is 5.63. The number of carboxylic acids is 1. The Morgan fingerprint density at radius 1 is 0.973 bits per heavy atom. The second-order valence-electron chi connectivity index (χ2n) is 8.75. The molecule has 1 aromatic carbocycles. The van der Waals surface area contributed by atoms with Crippen LogP contribution in [-0.2, 0) is 30.2 Å². The molecule has 3 N–H and O–H groups in total. The van der Waals surface area contributed by atoms with E-state index in [0.29, 0.717) is 5.56 Å². The number of benzene rings is 1. The van der Waals surface area contributed by atoms with Gasteiger partial charge in [0.1, 0.15) is 17.7 Å². The van der Waals surface area contributed by atoms with Gasteiger partial charge < -0.3 is 39.3 Å². The van der Waals surface area contributed by atoms with Crippen LogP contribution >= 0.6 is 0 Å². The van der Waals surface area contributed by atoms with Crippen LogP contribution in [0, 0.1) is 0 Å². The standard InChI is InChI=1S/C25H35NO11/c1-4-32-22(29)36-19-12-11-17(13-20(19)37-23(30)33-5-2)15-25(26,21(27)28)14-16(3)34-24(31)35-18-9-7-6-8-10-18/h11-13,16,18H,4-10,14-15,26H2,1-3H3,(H,27,28)/t16-,25?/m0/s1. The van der Waals surface area contributed by atoms with Crippen LogP contribution in [-0.4, -0.2) is 60.5 Å². The zero-order chi connectivity index (χ0) is 27.4. The maximum Gasteiger partial charge on any atom is 0.513 e. The molecule has 2 atom stereocenters. The number of nitrogens with two attached hydrogens (primary N) is 1. The summed E-state index contributed by atoms with van der Waals surface area (Å²) < 4.78 is 30.3. The van der Waals surface area contributed by atoms with Gasteiger partial charge in [-0.1, -0.05) is 12.5 Å². The Hall–Kier alpha value is -3.54. The summed E-state index contributed by atoms with van der Waals surface area (Å²) in [7, 11) is 0. The van der Waals surface area contributed by atoms with Gasteiger partial charge in [-0.3, -0.25) is 4.79 Å². The lowest BCUT2D eigenvalue weighted by Gasteiger charge is -2.28. The van der Waals surface area contributed by atoms with Crippen LogP contribution in [0.15, 0.2) is 18.2 Å². The largest absolute Gasteiger partial charge is 0.513 e. The predicted octanol–water partition coefficient (Wildman–Crippen LogP) is 4.35. The van der Waals surface area contributed by atoms with E-state index in [9.17, 15) is 24.3 Å². The Kier molecular flexibility index (Phi) is 11.4. The third-order valence-electron chi connectivity index (χ3n) is 5.63. The maximum atomic E-state index is 12.2. The number of carbonyl (C=O) groups is 4. The van der Waals surface area contributed by atoms with Gasteiger partial charge in [-0.05, 0) is 64.2 Å². The highest BCUT2D eigenvalue weighted by Gasteiger charge is 2.37. The Morgan fingerprint density at radius 2 is 1.57 bits per heavy atom. The molecule has 0 bridgehead atoms. The minimum Gasteiger partial charge on any atom is -0.480 e. The number of carboxylic acid groups (broad SMARTS) is 1. The number of ether oxygens (including phenoxy) is 6. The minimum absolute atomic E-state index is 0.0403. The summed E-state index contributed by atoms with van der Waals surface area (Å²) in [5.41, 5.74) is 4.71. The normalized spacial score (nSPS) is 16.0. The van der Waals surface area contributed by atoms with E-state index in [1.165, 1.54) is 25.1 Å². The highest BCUT2D eigenvalue weighted by atomic mass is 16.7. The predicted molar refractivity (Wildman–Crippen MR) is 129 cm³/mol. The zero-order valence-electron chi connectivity index (χ0n) is 21.4. The second kappa shape index (κ2) is 14.3. The van der Waals surface area contributed by atoms with E-state index in [1.807, 2.05) is 0 Å². The number of aliphatic carboxylic acids is 1. The van der Waals surface area contributed by atoms with Gasteiger partial charge in [-0.2, -0.15) is 0 Å². The Labute approximate surface area is 215 Å². The van der Waals surface area contributed by atoms with Gasteiger partial charge in [-0.25, -0.2) is 14.4 Å². The van der Waals surface area contributed by atoms with Crippen molar-refractivity contribution in [1.82, 2.24) is 0 Å². The van der Waals surface area contributed by atoms with E-state index in [2.05, 4.69) is 0 Å². The molecule has 37 heavy (non-hydrogen) atoms. The average molecular weight is 526 g/mol. The summed E-state index contributed by atoms with van der Waals surface area (Å²) in [6.45, 7) is 4.80. The SMILES string of the molecule is CCOC(=O)Oc1ccc(CC(N)(C[C@H](C)OC(=O)OC2CCCCC2)C(=O)O)cc1OC(=O)OCC. The molecule has 12 nitrogen and oxygen atoms in total. The first-order valence-electron chi connectivity index (χ1n) is 12.3. The van der Waals surface area contributed by atoms with Crippen LogP contribution < -0.4 is 15.2 Å². The summed E-state index contributed by atoms with van der Waals surface area (Å²) in [5, 5.41) is 9.87. The van der Waals surface area contributed by atoms with Gasteiger partial charge in [0.2, 0.25) is 0 Å². The Morgan fingerprint density at radius 3 is 2.14 bits per heavy atom. The summed E-state index contributed by atoms with van der Waals surface area (Å²) >= 11 is 0. The molecule has 0 heterocycles. The van der Waals surface area contributed by atoms with E-state index in [0.717, 1.165) is 32.1 Å². The molecule has 0 aromatic heterocycles. The van der Waals surface area contributed by atoms with E-state index < -0.39 is 36.1 Å². The molecule has 206 valence electrons. The number of carbonyl (C=O) groups excluding carboxylic acids is 3. The third kappa shape index (κ3) is 9.79. The van der Waals surface area contributed by atoms with Crippen LogP contribution in [0.2, 0.25) is 0 Å². The van der Waals surface area contributed by atoms with Gasteiger partial charge >= 0.3 is 24.4 Å². The van der Waals surface area contributed by atoms with Crippen molar-refractivity contribution in [2.75, 3.05) is 13.2 Å². The fraction of sp³-hybridized carbons (Fsp3) is 0.600. The summed E-state index contributed by atoms with van der Waals surface area (Å²) in [4.78, 5) is 47.9. The lowest BCUT2D eigenvalue weighted by atomic mass is 9.86. The fourth-order valence-electron chi connectivity index (χ4n) is 3.97. The van der Waals surface area contributed by atoms with Crippen molar-refractivity contribution in [2.24, 2.45) is 5.73 Å². The van der Waals surface area contributed by atoms with Crippen molar-refractivity contribution in [3.63, 3.8) is 0 Å². The van der Waals surface area contributed by atoms with Gasteiger partial charge in [0.05, 0.1) is 13.2 Å². The molecule has 1 aliphatic rings. The molecular formula is C25H35NO11. The minimum atomic E-state index is -1.85. The zero-order valence-corrected chi connectivity index (χ0v) is 21.4. The highest BCUT2D eigenvalue weighted by molar-refractivity contribution is 5.79. The van der Waals surface area contributed by atoms with E-state index in [4.69, 9.17) is 34.2 Å². The summed E-state index contributed by atoms with van der Waals surface area (Å²) in [6.07, 6.45) is 0.134. The molecule has 1 aromatic rings. The lowest BCUT2D eigenvalue weighted by Crippen LogP contribution is -2.52. The fourth-order valence-corrected chi connectivity index (χ4v) is 3.97. The topological polar surface area (TPSA) is 170 Å². The van der Waals surface area contributed by atoms with Gasteiger partial charge in [0.25, 0.3) is 0 Å². The van der Waals surface area contributed by atoms with Crippen LogP contribution in [0.3, 0.4) is 0 Å². The first kappa shape index (κ1) is 29.7. The van der Waals surface area contributed by atoms with Crippen LogP contribution in [0.4, 0.5) is 14.4 Å². The van der Waals surface area contributed by atoms with Crippen LogP contribution in [0.25, 0.3) is 0 Å². The lowest BCUT2D eigenvalue weighted by molar-refractivity contribution is -0.144. The number of rotatable bonds is 11. The maximum absolute atomic E-state index is 12.2. The average Bonchev–Trinajstić information content (AvgIpc) is 2.81. The first-order chi connectivity index (χ1) is 17.6. The van der Waals surface area contributed by atoms with Crippen molar-refractivity contribution in [3.8, 4) is 11.5 Å². The van der Waals surface area contributed by atoms with Crippen molar-refractivity contribution < 1.29 is 52.7 Å². The molecular weight excluding hydrogens is 490 g/mol. The molecule has 1 unspecified atom stereocenters. The second-order valence-corrected chi connectivity index (χ2v) is 8.75. The summed E-state index contributed by atoms with van der Waals surface area (Å²) in [6, 6.07) is 4.07. The Balaban J connectivity index is 2.14. The molecule has 0 aliphatic heterocycles. The number of hydrogen-bond donors (Lipinski definition) is 2. The Bertz CT molecular complexity index is 945. The van der Waals surface area contributed by atoms with E-state index in [1.54, 1.807) is 13.8 Å². The van der Waals surface area contributed by atoms with Crippen LogP contribution in [0.5, 0.6) is 11.5 Å². The van der Waals surface area contributed by atoms with Crippen molar-refractivity contribution in [1.29, 1.82) is 0 Å². The molecule has 12 heteroatoms. The first-order valence-corrected chi connectivity index (χ1v) is 12.3. The molecule has 1 aliphatic carbocycles. The summed E-state index contributed by atoms with van der Waals surface area (Å²) in [5.74, 6) is -1.67. The number of hydrogen-bond acceptors (Lipinski definition) is 11. The van der Waals surface area contributed by atoms with E-state index in [-0.39, 0.29) is 43.7 Å². The molecule has 0 saturated heterocycles. The van der Waals surface area contributed by atoms with Gasteiger partial charge in [-0.15, -0.1) is 0 Å². The molecule has 0 amide bonds. The molecule has 0 radical (unpaired) electrons. The van der Waals surface area contributed by atoms with Gasteiger partial charge in [0.15, 0.2) is 11.5 Å². The van der Waals surface area contributed by atoms with E-state index >= 15 is 0 Å². The van der Waals surface area contributed by atoms with Crippen molar-refractivity contribution >= 4 is 24.4 Å². The smallest absolute Gasteiger partial charge is 0.480 e. The molecule has 0 spiro atoms. The molecule has 2 rings (SSSR count). The quantitative estimate of drug-likeness (QED) is 0.238. The molecule has 1 saturated carbocycles.